The van der Waals surface area contributed by atoms with E-state index >= 15 is 0 Å². The molecule has 28 heavy (non-hydrogen) atoms. The van der Waals surface area contributed by atoms with Crippen molar-refractivity contribution in [1.82, 2.24) is 0 Å². The van der Waals surface area contributed by atoms with Gasteiger partial charge in [0.25, 0.3) is 10.1 Å². The van der Waals surface area contributed by atoms with E-state index in [4.69, 9.17) is 4.55 Å². The van der Waals surface area contributed by atoms with Crippen molar-refractivity contribution in [3.8, 4) is 0 Å². The van der Waals surface area contributed by atoms with E-state index < -0.39 is 15.4 Å². The summed E-state index contributed by atoms with van der Waals surface area (Å²) >= 11 is 0. The van der Waals surface area contributed by atoms with Crippen molar-refractivity contribution in [1.29, 1.82) is 0 Å². The van der Waals surface area contributed by atoms with Crippen molar-refractivity contribution >= 4 is 10.1 Å². The van der Waals surface area contributed by atoms with Gasteiger partial charge >= 0.3 is 0 Å². The van der Waals surface area contributed by atoms with Crippen LogP contribution in [0.2, 0.25) is 0 Å². The third-order valence-electron chi connectivity index (χ3n) is 5.83. The SMILES string of the molecule is CCCCCCCCCCCCCCCCC(O)CCCC(CC)S(=O)(=O)O. The summed E-state index contributed by atoms with van der Waals surface area (Å²) in [6.07, 6.45) is 21.3. The predicted molar refractivity (Wildman–Crippen MR) is 120 cm³/mol. The standard InChI is InChI=1S/C23H48O4S/c1-3-5-6-7-8-9-10-11-12-13-14-15-16-17-19-22(24)20-18-21-23(4-2)28(25,26)27/h22-24H,3-21H2,1-2H3,(H,25,26,27). The fraction of sp³-hybridized carbons (Fsp3) is 1.00. The van der Waals surface area contributed by atoms with Crippen molar-refractivity contribution in [3.63, 3.8) is 0 Å². The molecule has 0 spiro atoms. The fourth-order valence-electron chi connectivity index (χ4n) is 3.86. The first-order valence-corrected chi connectivity index (χ1v) is 13.6. The first-order chi connectivity index (χ1) is 13.4. The summed E-state index contributed by atoms with van der Waals surface area (Å²) in [5.74, 6) is 0. The second-order valence-corrected chi connectivity index (χ2v) is 10.2. The highest BCUT2D eigenvalue weighted by atomic mass is 32.2. The molecule has 2 unspecified atom stereocenters. The van der Waals surface area contributed by atoms with E-state index in [1.54, 1.807) is 6.92 Å². The third-order valence-corrected chi connectivity index (χ3v) is 7.24. The lowest BCUT2D eigenvalue weighted by atomic mass is 10.0. The van der Waals surface area contributed by atoms with Gasteiger partial charge in [-0.25, -0.2) is 0 Å². The van der Waals surface area contributed by atoms with Crippen molar-refractivity contribution in [2.45, 2.75) is 147 Å². The maximum absolute atomic E-state index is 11.2. The van der Waals surface area contributed by atoms with Gasteiger partial charge in [0.15, 0.2) is 0 Å². The molecule has 170 valence electrons. The Bertz CT molecular complexity index is 422. The number of aliphatic hydroxyl groups excluding tert-OH is 1. The van der Waals surface area contributed by atoms with Crippen molar-refractivity contribution < 1.29 is 18.1 Å². The number of unbranched alkanes of at least 4 members (excludes halogenated alkanes) is 13. The quantitative estimate of drug-likeness (QED) is 0.154. The molecule has 0 aromatic heterocycles. The van der Waals surface area contributed by atoms with Gasteiger partial charge in [-0.1, -0.05) is 104 Å². The van der Waals surface area contributed by atoms with Crippen LogP contribution in [0.25, 0.3) is 0 Å². The molecule has 0 aliphatic carbocycles. The minimum Gasteiger partial charge on any atom is -0.393 e. The van der Waals surface area contributed by atoms with E-state index in [1.165, 1.54) is 83.5 Å². The monoisotopic (exact) mass is 420 g/mol. The van der Waals surface area contributed by atoms with Gasteiger partial charge in [0.05, 0.1) is 11.4 Å². The number of rotatable bonds is 21. The van der Waals surface area contributed by atoms with Gasteiger partial charge in [0, 0.05) is 0 Å². The second kappa shape index (κ2) is 18.9. The molecule has 0 aromatic carbocycles. The van der Waals surface area contributed by atoms with E-state index in [2.05, 4.69) is 6.92 Å². The number of hydrogen-bond acceptors (Lipinski definition) is 3. The first kappa shape index (κ1) is 27.9. The molecule has 0 aliphatic heterocycles. The van der Waals surface area contributed by atoms with E-state index in [0.717, 1.165) is 12.8 Å². The first-order valence-electron chi connectivity index (χ1n) is 12.1. The molecule has 2 atom stereocenters. The van der Waals surface area contributed by atoms with Crippen LogP contribution < -0.4 is 0 Å². The fourth-order valence-corrected chi connectivity index (χ4v) is 4.75. The summed E-state index contributed by atoms with van der Waals surface area (Å²) in [5, 5.41) is 9.34. The molecule has 0 fully saturated rings. The zero-order chi connectivity index (χ0) is 21.1. The summed E-state index contributed by atoms with van der Waals surface area (Å²) < 4.78 is 31.4. The molecule has 0 amide bonds. The predicted octanol–water partition coefficient (Wildman–Crippen LogP) is 7.06. The molecule has 2 N–H and O–H groups in total. The van der Waals surface area contributed by atoms with Gasteiger partial charge in [0.1, 0.15) is 0 Å². The smallest absolute Gasteiger partial charge is 0.267 e. The van der Waals surface area contributed by atoms with Crippen LogP contribution in [-0.4, -0.2) is 29.4 Å². The molecule has 0 saturated heterocycles. The molecular weight excluding hydrogens is 372 g/mol. The molecular formula is C23H48O4S. The lowest BCUT2D eigenvalue weighted by Crippen LogP contribution is -2.20. The summed E-state index contributed by atoms with van der Waals surface area (Å²) in [5.41, 5.74) is 0. The molecule has 0 heterocycles. The van der Waals surface area contributed by atoms with E-state index in [-0.39, 0.29) is 6.10 Å². The van der Waals surface area contributed by atoms with Crippen LogP contribution >= 0.6 is 0 Å². The Morgan fingerprint density at radius 3 is 1.39 bits per heavy atom. The lowest BCUT2D eigenvalue weighted by molar-refractivity contribution is 0.147. The van der Waals surface area contributed by atoms with E-state index in [1.807, 2.05) is 0 Å². The maximum atomic E-state index is 11.2. The topological polar surface area (TPSA) is 74.6 Å². The summed E-state index contributed by atoms with van der Waals surface area (Å²) in [6, 6.07) is 0. The van der Waals surface area contributed by atoms with Gasteiger partial charge in [0.2, 0.25) is 0 Å². The Kier molecular flexibility index (Phi) is 18.8. The molecule has 0 radical (unpaired) electrons. The Labute approximate surface area is 175 Å². The molecule has 0 bridgehead atoms. The van der Waals surface area contributed by atoms with Crippen molar-refractivity contribution in [2.75, 3.05) is 0 Å². The van der Waals surface area contributed by atoms with Crippen LogP contribution in [-0.2, 0) is 10.1 Å². The van der Waals surface area contributed by atoms with Crippen molar-refractivity contribution in [3.05, 3.63) is 0 Å². The van der Waals surface area contributed by atoms with E-state index in [9.17, 15) is 13.5 Å². The lowest BCUT2D eigenvalue weighted by Gasteiger charge is -2.14. The van der Waals surface area contributed by atoms with Gasteiger partial charge in [-0.2, -0.15) is 8.42 Å². The molecule has 5 heteroatoms. The number of aliphatic hydroxyl groups is 1. The Hall–Kier alpha value is -0.130. The van der Waals surface area contributed by atoms with Crippen LogP contribution in [0, 0.1) is 0 Å². The maximum Gasteiger partial charge on any atom is 0.267 e. The zero-order valence-electron chi connectivity index (χ0n) is 18.7. The summed E-state index contributed by atoms with van der Waals surface area (Å²) in [6.45, 7) is 4.03. The summed E-state index contributed by atoms with van der Waals surface area (Å²) in [4.78, 5) is 0. The van der Waals surface area contributed by atoms with Crippen LogP contribution in [0.4, 0.5) is 0 Å². The summed E-state index contributed by atoms with van der Waals surface area (Å²) in [7, 11) is -3.94. The average molecular weight is 421 g/mol. The minimum atomic E-state index is -3.94. The van der Waals surface area contributed by atoms with Gasteiger partial charge in [-0.05, 0) is 32.1 Å². The zero-order valence-corrected chi connectivity index (χ0v) is 19.5. The highest BCUT2D eigenvalue weighted by molar-refractivity contribution is 7.86. The third kappa shape index (κ3) is 17.9. The molecule has 0 saturated carbocycles. The molecule has 4 nitrogen and oxygen atoms in total. The Morgan fingerprint density at radius 2 is 1.00 bits per heavy atom. The highest BCUT2D eigenvalue weighted by Gasteiger charge is 2.20. The van der Waals surface area contributed by atoms with Crippen LogP contribution in [0.15, 0.2) is 0 Å². The van der Waals surface area contributed by atoms with Gasteiger partial charge in [-0.15, -0.1) is 0 Å². The van der Waals surface area contributed by atoms with Crippen LogP contribution in [0.3, 0.4) is 0 Å². The largest absolute Gasteiger partial charge is 0.393 e. The second-order valence-electron chi connectivity index (χ2n) is 8.51. The normalized spacial score (nSPS) is 14.3. The van der Waals surface area contributed by atoms with E-state index in [0.29, 0.717) is 25.7 Å². The van der Waals surface area contributed by atoms with Crippen LogP contribution in [0.1, 0.15) is 136 Å². The molecule has 0 aromatic rings. The van der Waals surface area contributed by atoms with Crippen molar-refractivity contribution in [2.24, 2.45) is 0 Å². The average Bonchev–Trinajstić information content (AvgIpc) is 2.64. The Morgan fingerprint density at radius 1 is 0.607 bits per heavy atom. The minimum absolute atomic E-state index is 0.337. The molecule has 0 aliphatic rings. The highest BCUT2D eigenvalue weighted by Crippen LogP contribution is 2.17. The molecule has 0 rings (SSSR count). The van der Waals surface area contributed by atoms with Gasteiger partial charge in [-0.3, -0.25) is 4.55 Å². The number of hydrogen-bond donors (Lipinski definition) is 2. The Balaban J connectivity index is 3.35. The van der Waals surface area contributed by atoms with Gasteiger partial charge < -0.3 is 5.11 Å². The van der Waals surface area contributed by atoms with Crippen LogP contribution in [0.5, 0.6) is 0 Å².